The van der Waals surface area contributed by atoms with E-state index in [1.165, 1.54) is 36.9 Å². The van der Waals surface area contributed by atoms with Crippen LogP contribution < -0.4 is 10.2 Å². The van der Waals surface area contributed by atoms with E-state index in [1.54, 1.807) is 0 Å². The van der Waals surface area contributed by atoms with Crippen LogP contribution in [0.3, 0.4) is 0 Å². The molecule has 2 aliphatic heterocycles. The van der Waals surface area contributed by atoms with Crippen LogP contribution in [0, 0.1) is 0 Å². The van der Waals surface area contributed by atoms with Gasteiger partial charge in [0.2, 0.25) is 0 Å². The lowest BCUT2D eigenvalue weighted by molar-refractivity contribution is 0.193. The zero-order valence-electron chi connectivity index (χ0n) is 12.5. The highest BCUT2D eigenvalue weighted by atomic mass is 16.5. The number of benzene rings is 1. The smallest absolute Gasteiger partial charge is 0.0670 e. The molecule has 110 valence electrons. The molecule has 2 atom stereocenters. The van der Waals surface area contributed by atoms with E-state index in [0.717, 1.165) is 26.3 Å². The summed E-state index contributed by atoms with van der Waals surface area (Å²) in [6.45, 7) is 6.31. The van der Waals surface area contributed by atoms with Crippen molar-refractivity contribution in [3.63, 3.8) is 0 Å². The minimum absolute atomic E-state index is 0.512. The summed E-state index contributed by atoms with van der Waals surface area (Å²) >= 11 is 0. The van der Waals surface area contributed by atoms with Crippen LogP contribution in [0.4, 0.5) is 5.69 Å². The van der Waals surface area contributed by atoms with Crippen molar-refractivity contribution in [1.82, 2.24) is 5.32 Å². The maximum absolute atomic E-state index is 5.60. The van der Waals surface area contributed by atoms with Crippen molar-refractivity contribution >= 4 is 5.69 Å². The molecule has 1 fully saturated rings. The summed E-state index contributed by atoms with van der Waals surface area (Å²) in [6, 6.07) is 10.0. The second-order valence-corrected chi connectivity index (χ2v) is 5.92. The number of fused-ring (bicyclic) bond motifs is 1. The quantitative estimate of drug-likeness (QED) is 0.913. The van der Waals surface area contributed by atoms with Gasteiger partial charge in [0, 0.05) is 24.9 Å². The minimum atomic E-state index is 0.512. The van der Waals surface area contributed by atoms with Gasteiger partial charge in [0.1, 0.15) is 0 Å². The van der Waals surface area contributed by atoms with Gasteiger partial charge in [-0.25, -0.2) is 0 Å². The van der Waals surface area contributed by atoms with E-state index < -0.39 is 0 Å². The predicted octanol–water partition coefficient (Wildman–Crippen LogP) is 3.12. The Bertz CT molecular complexity index is 429. The fourth-order valence-electron chi connectivity index (χ4n) is 3.46. The fourth-order valence-corrected chi connectivity index (χ4v) is 3.46. The zero-order valence-corrected chi connectivity index (χ0v) is 12.5. The zero-order chi connectivity index (χ0) is 13.8. The molecule has 1 aromatic carbocycles. The molecule has 0 radical (unpaired) electrons. The standard InChI is InChI=1S/C17H26N2O/c1-2-10-18-16-7-5-11-19(14-9-12-20-13-14)17-8-4-3-6-15(16)17/h3-4,6,8,14,16,18H,2,5,7,9-13H2,1H3. The first-order valence-electron chi connectivity index (χ1n) is 8.07. The summed E-state index contributed by atoms with van der Waals surface area (Å²) in [5, 5.41) is 3.72. The fraction of sp³-hybridized carbons (Fsp3) is 0.647. The molecular weight excluding hydrogens is 248 g/mol. The van der Waals surface area contributed by atoms with Gasteiger partial charge in [-0.3, -0.25) is 0 Å². The first-order chi connectivity index (χ1) is 9.90. The normalized spacial score (nSPS) is 26.4. The van der Waals surface area contributed by atoms with E-state index in [0.29, 0.717) is 12.1 Å². The number of anilines is 1. The molecule has 0 aliphatic carbocycles. The molecule has 2 heterocycles. The third-order valence-corrected chi connectivity index (χ3v) is 4.50. The summed E-state index contributed by atoms with van der Waals surface area (Å²) in [6.07, 6.45) is 4.86. The molecule has 0 bridgehead atoms. The Morgan fingerprint density at radius 2 is 2.20 bits per heavy atom. The molecule has 3 heteroatoms. The van der Waals surface area contributed by atoms with Crippen molar-refractivity contribution in [2.24, 2.45) is 0 Å². The van der Waals surface area contributed by atoms with E-state index in [9.17, 15) is 0 Å². The molecule has 0 spiro atoms. The Morgan fingerprint density at radius 3 is 3.00 bits per heavy atom. The predicted molar refractivity (Wildman–Crippen MR) is 83.3 cm³/mol. The van der Waals surface area contributed by atoms with E-state index in [-0.39, 0.29) is 0 Å². The minimum Gasteiger partial charge on any atom is -0.379 e. The Kier molecular flexibility index (Phi) is 4.58. The third kappa shape index (κ3) is 2.84. The molecule has 1 N–H and O–H groups in total. The van der Waals surface area contributed by atoms with Crippen LogP contribution in [0.1, 0.15) is 44.2 Å². The maximum Gasteiger partial charge on any atom is 0.0670 e. The van der Waals surface area contributed by atoms with Crippen molar-refractivity contribution < 1.29 is 4.74 Å². The van der Waals surface area contributed by atoms with Crippen LogP contribution in [0.15, 0.2) is 24.3 Å². The molecule has 2 aliphatic rings. The van der Waals surface area contributed by atoms with Gasteiger partial charge in [-0.1, -0.05) is 25.1 Å². The molecule has 0 saturated carbocycles. The number of nitrogens with zero attached hydrogens (tertiary/aromatic N) is 1. The van der Waals surface area contributed by atoms with Gasteiger partial charge < -0.3 is 15.0 Å². The Hall–Kier alpha value is -1.06. The molecule has 0 amide bonds. The third-order valence-electron chi connectivity index (χ3n) is 4.50. The second-order valence-electron chi connectivity index (χ2n) is 5.92. The average molecular weight is 274 g/mol. The lowest BCUT2D eigenvalue weighted by Gasteiger charge is -2.31. The van der Waals surface area contributed by atoms with Gasteiger partial charge in [-0.15, -0.1) is 0 Å². The number of hydrogen-bond acceptors (Lipinski definition) is 3. The number of para-hydroxylation sites is 1. The van der Waals surface area contributed by atoms with Gasteiger partial charge >= 0.3 is 0 Å². The number of nitrogens with one attached hydrogen (secondary N) is 1. The largest absolute Gasteiger partial charge is 0.379 e. The van der Waals surface area contributed by atoms with E-state index >= 15 is 0 Å². The van der Waals surface area contributed by atoms with Crippen LogP contribution in [-0.2, 0) is 4.74 Å². The Labute approximate surface area is 122 Å². The van der Waals surface area contributed by atoms with Crippen LogP contribution >= 0.6 is 0 Å². The number of rotatable bonds is 4. The van der Waals surface area contributed by atoms with Crippen LogP contribution in [0.2, 0.25) is 0 Å². The summed E-state index contributed by atoms with van der Waals surface area (Å²) in [5.41, 5.74) is 2.90. The molecule has 0 aromatic heterocycles. The number of ether oxygens (including phenoxy) is 1. The van der Waals surface area contributed by atoms with E-state index in [2.05, 4.69) is 41.4 Å². The molecule has 1 aromatic rings. The van der Waals surface area contributed by atoms with Gasteiger partial charge in [0.05, 0.1) is 12.6 Å². The van der Waals surface area contributed by atoms with E-state index in [1.807, 2.05) is 0 Å². The molecular formula is C17H26N2O. The van der Waals surface area contributed by atoms with Gasteiger partial charge in [0.15, 0.2) is 0 Å². The molecule has 1 saturated heterocycles. The topological polar surface area (TPSA) is 24.5 Å². The van der Waals surface area contributed by atoms with Crippen LogP contribution in [0.5, 0.6) is 0 Å². The van der Waals surface area contributed by atoms with Crippen molar-refractivity contribution in [2.75, 3.05) is 31.2 Å². The summed E-state index contributed by atoms with van der Waals surface area (Å²) in [4.78, 5) is 2.59. The molecule has 20 heavy (non-hydrogen) atoms. The maximum atomic E-state index is 5.60. The Balaban J connectivity index is 1.86. The van der Waals surface area contributed by atoms with Crippen molar-refractivity contribution in [2.45, 2.75) is 44.7 Å². The summed E-state index contributed by atoms with van der Waals surface area (Å²) in [5.74, 6) is 0. The van der Waals surface area contributed by atoms with Gasteiger partial charge in [-0.05, 0) is 43.9 Å². The SMILES string of the molecule is CCCNC1CCCN(C2CCOC2)c2ccccc21. The van der Waals surface area contributed by atoms with Crippen LogP contribution in [0.25, 0.3) is 0 Å². The summed E-state index contributed by atoms with van der Waals surface area (Å²) < 4.78 is 5.60. The lowest BCUT2D eigenvalue weighted by Crippen LogP contribution is -2.36. The second kappa shape index (κ2) is 6.59. The first kappa shape index (κ1) is 13.9. The molecule has 3 rings (SSSR count). The van der Waals surface area contributed by atoms with Crippen LogP contribution in [-0.4, -0.2) is 32.3 Å². The highest BCUT2D eigenvalue weighted by molar-refractivity contribution is 5.56. The van der Waals surface area contributed by atoms with Gasteiger partial charge in [-0.2, -0.15) is 0 Å². The highest BCUT2D eigenvalue weighted by Crippen LogP contribution is 2.35. The van der Waals surface area contributed by atoms with Crippen molar-refractivity contribution in [3.8, 4) is 0 Å². The summed E-state index contributed by atoms with van der Waals surface area (Å²) in [7, 11) is 0. The highest BCUT2D eigenvalue weighted by Gasteiger charge is 2.28. The first-order valence-corrected chi connectivity index (χ1v) is 8.07. The van der Waals surface area contributed by atoms with Gasteiger partial charge in [0.25, 0.3) is 0 Å². The van der Waals surface area contributed by atoms with Crippen molar-refractivity contribution in [1.29, 1.82) is 0 Å². The molecule has 2 unspecified atom stereocenters. The molecule has 3 nitrogen and oxygen atoms in total. The Morgan fingerprint density at radius 1 is 1.30 bits per heavy atom. The monoisotopic (exact) mass is 274 g/mol. The average Bonchev–Trinajstić information content (AvgIpc) is 2.95. The number of hydrogen-bond donors (Lipinski definition) is 1. The van der Waals surface area contributed by atoms with Crippen molar-refractivity contribution in [3.05, 3.63) is 29.8 Å². The van der Waals surface area contributed by atoms with E-state index in [4.69, 9.17) is 4.74 Å². The lowest BCUT2D eigenvalue weighted by atomic mass is 10.0.